The first-order valence-electron chi connectivity index (χ1n) is 4.13. The van der Waals surface area contributed by atoms with Crippen molar-refractivity contribution in [3.8, 4) is 0 Å². The quantitative estimate of drug-likeness (QED) is 0.746. The van der Waals surface area contributed by atoms with Crippen molar-refractivity contribution in [2.24, 2.45) is 0 Å². The van der Waals surface area contributed by atoms with Crippen LogP contribution < -0.4 is 5.32 Å². The van der Waals surface area contributed by atoms with Gasteiger partial charge in [0.1, 0.15) is 0 Å². The van der Waals surface area contributed by atoms with E-state index < -0.39 is 0 Å². The lowest BCUT2D eigenvalue weighted by Gasteiger charge is -2.00. The summed E-state index contributed by atoms with van der Waals surface area (Å²) in [6.45, 7) is 0. The molecular weight excluding hydrogens is 178 g/mol. The molecule has 0 atom stereocenters. The maximum atomic E-state index is 11.5. The van der Waals surface area contributed by atoms with Gasteiger partial charge in [-0.15, -0.1) is 0 Å². The predicted octanol–water partition coefficient (Wildman–Crippen LogP) is 1.46. The Balaban J connectivity index is 2.11. The van der Waals surface area contributed by atoms with Crippen LogP contribution in [0.4, 0.5) is 5.95 Å². The molecule has 0 aliphatic heterocycles. The molecule has 1 aromatic heterocycles. The highest BCUT2D eigenvalue weighted by Gasteiger charge is 2.05. The van der Waals surface area contributed by atoms with Crippen molar-refractivity contribution in [1.82, 2.24) is 9.97 Å². The third-order valence-electron chi connectivity index (χ3n) is 1.70. The van der Waals surface area contributed by atoms with Crippen LogP contribution in [0.5, 0.6) is 0 Å². The highest BCUT2D eigenvalue weighted by atomic mass is 16.1. The van der Waals surface area contributed by atoms with Gasteiger partial charge in [0.25, 0.3) is 5.91 Å². The third kappa shape index (κ3) is 1.80. The van der Waals surface area contributed by atoms with Gasteiger partial charge in [0.05, 0.1) is 0 Å². The molecule has 0 bridgehead atoms. The van der Waals surface area contributed by atoms with Gasteiger partial charge in [0, 0.05) is 18.0 Å². The summed E-state index contributed by atoms with van der Waals surface area (Å²) >= 11 is 0. The van der Waals surface area contributed by atoms with Crippen molar-refractivity contribution in [1.29, 1.82) is 0 Å². The average Bonchev–Trinajstić information content (AvgIpc) is 2.72. The van der Waals surface area contributed by atoms with E-state index in [9.17, 15) is 4.79 Å². The van der Waals surface area contributed by atoms with Gasteiger partial charge in [-0.3, -0.25) is 10.1 Å². The van der Waals surface area contributed by atoms with Gasteiger partial charge >= 0.3 is 0 Å². The molecule has 1 amide bonds. The zero-order valence-corrected chi connectivity index (χ0v) is 7.32. The summed E-state index contributed by atoms with van der Waals surface area (Å²) in [5.41, 5.74) is 0.559. The van der Waals surface area contributed by atoms with E-state index in [-0.39, 0.29) is 5.91 Å². The maximum Gasteiger partial charge on any atom is 0.257 e. The van der Waals surface area contributed by atoms with Gasteiger partial charge in [0.2, 0.25) is 5.95 Å². The molecule has 0 spiro atoms. The second-order valence-corrected chi connectivity index (χ2v) is 2.68. The number of imidazole rings is 1. The average molecular weight is 186 g/mol. The minimum absolute atomic E-state index is 0.197. The number of aromatic nitrogens is 2. The van der Waals surface area contributed by atoms with Gasteiger partial charge in [-0.05, 0) is 18.2 Å². The lowest BCUT2D eigenvalue weighted by atomic mass is 10.2. The summed E-state index contributed by atoms with van der Waals surface area (Å²) in [7, 11) is 0. The Morgan fingerprint density at radius 1 is 1.57 bits per heavy atom. The Labute approximate surface area is 81.0 Å². The molecule has 1 aromatic carbocycles. The summed E-state index contributed by atoms with van der Waals surface area (Å²) in [6.07, 6.45) is 3.22. The Morgan fingerprint density at radius 3 is 3.14 bits per heavy atom. The zero-order chi connectivity index (χ0) is 9.80. The molecule has 0 saturated carbocycles. The number of benzene rings is 1. The van der Waals surface area contributed by atoms with Crippen LogP contribution in [0.25, 0.3) is 0 Å². The van der Waals surface area contributed by atoms with E-state index in [0.29, 0.717) is 11.5 Å². The topological polar surface area (TPSA) is 57.8 Å². The Hall–Kier alpha value is -2.10. The molecule has 2 aromatic rings. The predicted molar refractivity (Wildman–Crippen MR) is 51.8 cm³/mol. The second-order valence-electron chi connectivity index (χ2n) is 2.68. The molecule has 69 valence electrons. The van der Waals surface area contributed by atoms with Gasteiger partial charge in [0.15, 0.2) is 0 Å². The van der Waals surface area contributed by atoms with Crippen LogP contribution in [0.2, 0.25) is 0 Å². The zero-order valence-electron chi connectivity index (χ0n) is 7.32. The Kier molecular flexibility index (Phi) is 2.27. The van der Waals surface area contributed by atoms with Crippen molar-refractivity contribution in [3.63, 3.8) is 0 Å². The van der Waals surface area contributed by atoms with Crippen LogP contribution in [0.1, 0.15) is 10.4 Å². The summed E-state index contributed by atoms with van der Waals surface area (Å²) in [4.78, 5) is 18.2. The Morgan fingerprint density at radius 2 is 2.50 bits per heavy atom. The summed E-state index contributed by atoms with van der Waals surface area (Å²) in [5, 5.41) is 2.61. The molecule has 4 nitrogen and oxygen atoms in total. The van der Waals surface area contributed by atoms with E-state index in [4.69, 9.17) is 0 Å². The van der Waals surface area contributed by atoms with E-state index in [0.717, 1.165) is 0 Å². The number of carbonyl (C=O) groups excluding carboxylic acids is 1. The molecule has 0 aliphatic rings. The van der Waals surface area contributed by atoms with Gasteiger partial charge in [-0.2, -0.15) is 0 Å². The van der Waals surface area contributed by atoms with E-state index in [1.165, 1.54) is 0 Å². The summed E-state index contributed by atoms with van der Waals surface area (Å²) < 4.78 is 0. The van der Waals surface area contributed by atoms with E-state index in [1.54, 1.807) is 36.7 Å². The molecule has 0 aliphatic carbocycles. The largest absolute Gasteiger partial charge is 0.331 e. The van der Waals surface area contributed by atoms with Crippen LogP contribution in [0.15, 0.2) is 36.7 Å². The van der Waals surface area contributed by atoms with E-state index in [1.807, 2.05) is 0 Å². The summed E-state index contributed by atoms with van der Waals surface area (Å²) in [6, 6.07) is 9.67. The molecule has 14 heavy (non-hydrogen) atoms. The number of rotatable bonds is 2. The minimum atomic E-state index is -0.197. The first kappa shape index (κ1) is 8.50. The smallest absolute Gasteiger partial charge is 0.257 e. The lowest BCUT2D eigenvalue weighted by molar-refractivity contribution is 0.102. The number of amides is 1. The van der Waals surface area contributed by atoms with Crippen molar-refractivity contribution < 1.29 is 4.79 Å². The van der Waals surface area contributed by atoms with Crippen LogP contribution in [0.3, 0.4) is 0 Å². The van der Waals surface area contributed by atoms with Gasteiger partial charge in [-0.25, -0.2) is 4.98 Å². The first-order valence-corrected chi connectivity index (χ1v) is 4.13. The number of nitrogens with zero attached hydrogens (tertiary/aromatic N) is 1. The first-order chi connectivity index (χ1) is 6.86. The van der Waals surface area contributed by atoms with Crippen LogP contribution in [-0.2, 0) is 0 Å². The molecule has 4 heteroatoms. The van der Waals surface area contributed by atoms with Gasteiger partial charge < -0.3 is 4.98 Å². The molecule has 1 radical (unpaired) electrons. The number of hydrogen-bond acceptors (Lipinski definition) is 2. The van der Waals surface area contributed by atoms with Crippen molar-refractivity contribution in [3.05, 3.63) is 48.3 Å². The number of nitrogens with one attached hydrogen (secondary N) is 2. The van der Waals surface area contributed by atoms with E-state index >= 15 is 0 Å². The second kappa shape index (κ2) is 3.74. The Bertz CT molecular complexity index is 408. The number of aromatic amines is 1. The van der Waals surface area contributed by atoms with Crippen LogP contribution in [0, 0.1) is 6.07 Å². The standard InChI is InChI=1S/C10H8N3O/c14-9(8-4-2-1-3-5-8)13-10-11-6-7-12-10/h1-2,4-7H,(H2,11,12,13,14). The number of H-pyrrole nitrogens is 1. The summed E-state index contributed by atoms with van der Waals surface area (Å²) in [5.74, 6) is 0.246. The SMILES string of the molecule is O=C(Nc1ncc[nH]1)c1c[c]ccc1. The fourth-order valence-electron chi connectivity index (χ4n) is 1.05. The van der Waals surface area contributed by atoms with Crippen molar-refractivity contribution >= 4 is 11.9 Å². The molecule has 0 unspecified atom stereocenters. The maximum absolute atomic E-state index is 11.5. The molecule has 0 saturated heterocycles. The lowest BCUT2D eigenvalue weighted by Crippen LogP contribution is -2.12. The molecule has 2 N–H and O–H groups in total. The van der Waals surface area contributed by atoms with Crippen molar-refractivity contribution in [2.75, 3.05) is 5.32 Å². The molecule has 2 rings (SSSR count). The monoisotopic (exact) mass is 186 g/mol. The normalized spacial score (nSPS) is 9.71. The van der Waals surface area contributed by atoms with Crippen molar-refractivity contribution in [2.45, 2.75) is 0 Å². The molecule has 1 heterocycles. The van der Waals surface area contributed by atoms with Crippen LogP contribution >= 0.6 is 0 Å². The third-order valence-corrected chi connectivity index (χ3v) is 1.70. The van der Waals surface area contributed by atoms with E-state index in [2.05, 4.69) is 21.4 Å². The number of hydrogen-bond donors (Lipinski definition) is 2. The number of carbonyl (C=O) groups is 1. The van der Waals surface area contributed by atoms with Crippen LogP contribution in [-0.4, -0.2) is 15.9 Å². The highest BCUT2D eigenvalue weighted by molar-refractivity contribution is 6.03. The number of anilines is 1. The fourth-order valence-corrected chi connectivity index (χ4v) is 1.05. The minimum Gasteiger partial charge on any atom is -0.331 e. The fraction of sp³-hybridized carbons (Fsp3) is 0. The molecule has 0 fully saturated rings. The van der Waals surface area contributed by atoms with Gasteiger partial charge in [-0.1, -0.05) is 12.1 Å². The molecular formula is C10H8N3O. The highest BCUT2D eigenvalue weighted by Crippen LogP contribution is 2.02.